The second-order valence-electron chi connectivity index (χ2n) is 4.21. The molecule has 1 atom stereocenters. The molecule has 0 aliphatic carbocycles. The molecule has 1 aromatic carbocycles. The van der Waals surface area contributed by atoms with Gasteiger partial charge in [-0.1, -0.05) is 12.1 Å². The van der Waals surface area contributed by atoms with Crippen LogP contribution >= 0.6 is 0 Å². The van der Waals surface area contributed by atoms with Crippen molar-refractivity contribution in [2.45, 2.75) is 13.0 Å². The summed E-state index contributed by atoms with van der Waals surface area (Å²) in [5, 5.41) is 13.3. The maximum Gasteiger partial charge on any atom is 0.324 e. The summed E-state index contributed by atoms with van der Waals surface area (Å²) in [5.74, 6) is -0.531. The number of hydrogen-bond donors (Lipinski definition) is 1. The third-order valence-electron chi connectivity index (χ3n) is 2.84. The molecule has 3 amide bonds. The molecule has 1 aliphatic rings. The zero-order valence-electron chi connectivity index (χ0n) is 10.7. The first kappa shape index (κ1) is 13.8. The highest BCUT2D eigenvalue weighted by Crippen LogP contribution is 2.27. The fraction of sp³-hybridized carbons (Fsp3) is 0.333. The number of urea groups is 1. The molecule has 1 fully saturated rings. The van der Waals surface area contributed by atoms with Crippen LogP contribution < -0.4 is 10.1 Å². The first-order valence-corrected chi connectivity index (χ1v) is 6.00. The highest BCUT2D eigenvalue weighted by atomic mass is 16.6. The fourth-order valence-corrected chi connectivity index (χ4v) is 1.85. The molecule has 0 aromatic heterocycles. The van der Waals surface area contributed by atoms with Crippen LogP contribution in [0.2, 0.25) is 0 Å². The van der Waals surface area contributed by atoms with Crippen molar-refractivity contribution in [3.05, 3.63) is 34.4 Å². The van der Waals surface area contributed by atoms with Gasteiger partial charge in [-0.25, -0.2) is 4.79 Å². The normalized spacial score (nSPS) is 15.7. The van der Waals surface area contributed by atoms with E-state index < -0.39 is 23.0 Å². The summed E-state index contributed by atoms with van der Waals surface area (Å²) in [5.41, 5.74) is -0.224. The van der Waals surface area contributed by atoms with Gasteiger partial charge in [-0.15, -0.1) is 0 Å². The van der Waals surface area contributed by atoms with Crippen molar-refractivity contribution >= 4 is 17.6 Å². The molecule has 0 radical (unpaired) electrons. The lowest BCUT2D eigenvalue weighted by molar-refractivity contribution is -0.386. The lowest BCUT2D eigenvalue weighted by Crippen LogP contribution is -2.42. The SMILES string of the molecule is C[C@H](Oc1ccccc1[N+](=O)[O-])C(=O)N1CCNC1=O. The first-order chi connectivity index (χ1) is 9.50. The van der Waals surface area contributed by atoms with E-state index in [0.717, 1.165) is 4.90 Å². The van der Waals surface area contributed by atoms with Gasteiger partial charge in [-0.05, 0) is 13.0 Å². The van der Waals surface area contributed by atoms with Crippen LogP contribution in [0.5, 0.6) is 5.75 Å². The molecule has 8 heteroatoms. The average molecular weight is 279 g/mol. The van der Waals surface area contributed by atoms with Crippen LogP contribution in [0.3, 0.4) is 0 Å². The maximum atomic E-state index is 12.0. The van der Waals surface area contributed by atoms with E-state index in [2.05, 4.69) is 5.32 Å². The highest BCUT2D eigenvalue weighted by Gasteiger charge is 2.31. The van der Waals surface area contributed by atoms with E-state index in [1.54, 1.807) is 6.07 Å². The monoisotopic (exact) mass is 279 g/mol. The van der Waals surface area contributed by atoms with Gasteiger partial charge in [0.2, 0.25) is 0 Å². The molecule has 1 aromatic rings. The second kappa shape index (κ2) is 5.55. The number of para-hydroxylation sites is 2. The number of hydrogen-bond acceptors (Lipinski definition) is 5. The first-order valence-electron chi connectivity index (χ1n) is 6.00. The molecule has 1 N–H and O–H groups in total. The molecule has 0 unspecified atom stereocenters. The van der Waals surface area contributed by atoms with Crippen LogP contribution in [-0.4, -0.2) is 41.0 Å². The van der Waals surface area contributed by atoms with Crippen molar-refractivity contribution in [2.75, 3.05) is 13.1 Å². The quantitative estimate of drug-likeness (QED) is 0.652. The van der Waals surface area contributed by atoms with E-state index in [0.29, 0.717) is 6.54 Å². The summed E-state index contributed by atoms with van der Waals surface area (Å²) in [4.78, 5) is 34.7. The Bertz CT molecular complexity index is 560. The van der Waals surface area contributed by atoms with Gasteiger partial charge in [0, 0.05) is 19.2 Å². The van der Waals surface area contributed by atoms with E-state index >= 15 is 0 Å². The van der Waals surface area contributed by atoms with E-state index in [9.17, 15) is 19.7 Å². The lowest BCUT2D eigenvalue weighted by Gasteiger charge is -2.18. The van der Waals surface area contributed by atoms with Gasteiger partial charge in [0.1, 0.15) is 0 Å². The van der Waals surface area contributed by atoms with E-state index in [1.807, 2.05) is 0 Å². The van der Waals surface area contributed by atoms with Crippen molar-refractivity contribution in [3.63, 3.8) is 0 Å². The van der Waals surface area contributed by atoms with Crippen LogP contribution in [0.15, 0.2) is 24.3 Å². The van der Waals surface area contributed by atoms with Crippen molar-refractivity contribution in [2.24, 2.45) is 0 Å². The van der Waals surface area contributed by atoms with Crippen molar-refractivity contribution in [1.82, 2.24) is 10.2 Å². The minimum atomic E-state index is -0.986. The standard InChI is InChI=1S/C12H13N3O5/c1-8(11(16)14-7-6-13-12(14)17)20-10-5-3-2-4-9(10)15(18)19/h2-5,8H,6-7H2,1H3,(H,13,17)/t8-/m0/s1. The smallest absolute Gasteiger partial charge is 0.324 e. The summed E-state index contributed by atoms with van der Waals surface area (Å²) in [6.07, 6.45) is -0.986. The van der Waals surface area contributed by atoms with E-state index in [1.165, 1.54) is 25.1 Å². The van der Waals surface area contributed by atoms with Crippen LogP contribution in [0.1, 0.15) is 6.92 Å². The van der Waals surface area contributed by atoms with Crippen LogP contribution in [0, 0.1) is 10.1 Å². The number of amides is 3. The number of nitrogens with zero attached hydrogens (tertiary/aromatic N) is 2. The number of nitrogens with one attached hydrogen (secondary N) is 1. The minimum Gasteiger partial charge on any atom is -0.474 e. The van der Waals surface area contributed by atoms with Crippen LogP contribution in [0.25, 0.3) is 0 Å². The molecule has 20 heavy (non-hydrogen) atoms. The number of carbonyl (C=O) groups excluding carboxylic acids is 2. The van der Waals surface area contributed by atoms with Gasteiger partial charge in [0.15, 0.2) is 11.9 Å². The summed E-state index contributed by atoms with van der Waals surface area (Å²) in [6, 6.07) is 5.29. The Morgan fingerprint density at radius 2 is 2.20 bits per heavy atom. The number of carbonyl (C=O) groups is 2. The maximum absolute atomic E-state index is 12.0. The van der Waals surface area contributed by atoms with Gasteiger partial charge < -0.3 is 10.1 Å². The predicted octanol–water partition coefficient (Wildman–Crippen LogP) is 0.914. The Labute approximate surface area is 114 Å². The molecule has 106 valence electrons. The zero-order chi connectivity index (χ0) is 14.7. The number of nitro benzene ring substituents is 1. The topological polar surface area (TPSA) is 102 Å². The van der Waals surface area contributed by atoms with E-state index in [4.69, 9.17) is 4.74 Å². The van der Waals surface area contributed by atoms with Crippen LogP contribution in [0.4, 0.5) is 10.5 Å². The molecule has 0 saturated carbocycles. The second-order valence-corrected chi connectivity index (χ2v) is 4.21. The molecule has 0 spiro atoms. The number of benzene rings is 1. The number of ether oxygens (including phenoxy) is 1. The van der Waals surface area contributed by atoms with Gasteiger partial charge in [-0.2, -0.15) is 0 Å². The fourth-order valence-electron chi connectivity index (χ4n) is 1.85. The Balaban J connectivity index is 2.12. The summed E-state index contributed by atoms with van der Waals surface area (Å²) in [6.45, 7) is 2.11. The molecule has 0 bridgehead atoms. The molecule has 1 heterocycles. The molecular formula is C12H13N3O5. The van der Waals surface area contributed by atoms with Gasteiger partial charge in [0.05, 0.1) is 4.92 Å². The highest BCUT2D eigenvalue weighted by molar-refractivity contribution is 5.97. The molecule has 8 nitrogen and oxygen atoms in total. The van der Waals surface area contributed by atoms with Gasteiger partial charge in [0.25, 0.3) is 5.91 Å². The minimum absolute atomic E-state index is 0.00189. The average Bonchev–Trinajstić information content (AvgIpc) is 2.84. The van der Waals surface area contributed by atoms with Gasteiger partial charge in [-0.3, -0.25) is 19.8 Å². The molecular weight excluding hydrogens is 266 g/mol. The summed E-state index contributed by atoms with van der Waals surface area (Å²) >= 11 is 0. The number of imide groups is 1. The lowest BCUT2D eigenvalue weighted by atomic mass is 10.3. The third kappa shape index (κ3) is 2.68. The Morgan fingerprint density at radius 3 is 2.80 bits per heavy atom. The predicted molar refractivity (Wildman–Crippen MR) is 68.3 cm³/mol. The van der Waals surface area contributed by atoms with E-state index in [-0.39, 0.29) is 18.0 Å². The van der Waals surface area contributed by atoms with Gasteiger partial charge >= 0.3 is 11.7 Å². The third-order valence-corrected chi connectivity index (χ3v) is 2.84. The summed E-state index contributed by atoms with van der Waals surface area (Å²) in [7, 11) is 0. The number of rotatable bonds is 4. The molecule has 1 saturated heterocycles. The zero-order valence-corrected chi connectivity index (χ0v) is 10.7. The van der Waals surface area contributed by atoms with Crippen LogP contribution in [-0.2, 0) is 4.79 Å². The Hall–Kier alpha value is -2.64. The summed E-state index contributed by atoms with van der Waals surface area (Å²) < 4.78 is 5.32. The molecule has 1 aliphatic heterocycles. The molecule has 2 rings (SSSR count). The Kier molecular flexibility index (Phi) is 3.83. The Morgan fingerprint density at radius 1 is 1.50 bits per heavy atom. The largest absolute Gasteiger partial charge is 0.474 e. The van der Waals surface area contributed by atoms with Crippen molar-refractivity contribution in [1.29, 1.82) is 0 Å². The van der Waals surface area contributed by atoms with Crippen molar-refractivity contribution in [3.8, 4) is 5.75 Å². The van der Waals surface area contributed by atoms with Crippen molar-refractivity contribution < 1.29 is 19.2 Å². The number of nitro groups is 1.